The van der Waals surface area contributed by atoms with Crippen molar-refractivity contribution in [1.29, 1.82) is 0 Å². The zero-order chi connectivity index (χ0) is 11.5. The second kappa shape index (κ2) is 4.50. The number of aliphatic hydroxyl groups excluding tert-OH is 1. The van der Waals surface area contributed by atoms with E-state index in [-0.39, 0.29) is 0 Å². The van der Waals surface area contributed by atoms with Crippen molar-refractivity contribution in [2.24, 2.45) is 0 Å². The van der Waals surface area contributed by atoms with Gasteiger partial charge < -0.3 is 5.11 Å². The maximum atomic E-state index is 9.59. The van der Waals surface area contributed by atoms with Gasteiger partial charge in [0.05, 0.1) is 6.10 Å². The van der Waals surface area contributed by atoms with Crippen LogP contribution in [0, 0.1) is 6.92 Å². The second-order valence-corrected chi connectivity index (χ2v) is 4.12. The minimum atomic E-state index is -0.414. The fourth-order valence-corrected chi connectivity index (χ4v) is 1.83. The molecule has 1 nitrogen and oxygen atoms in total. The lowest BCUT2D eigenvalue weighted by molar-refractivity contribution is 0.199. The Balaban J connectivity index is 2.52. The van der Waals surface area contributed by atoms with Gasteiger partial charge in [0.2, 0.25) is 0 Å². The summed E-state index contributed by atoms with van der Waals surface area (Å²) >= 11 is 0. The van der Waals surface area contributed by atoms with Crippen LogP contribution in [-0.2, 0) is 0 Å². The van der Waals surface area contributed by atoms with Crippen molar-refractivity contribution >= 4 is 0 Å². The van der Waals surface area contributed by atoms with Crippen LogP contribution in [0.3, 0.4) is 0 Å². The summed E-state index contributed by atoms with van der Waals surface area (Å²) in [5.41, 5.74) is 4.58. The maximum absolute atomic E-state index is 9.59. The molecule has 2 aromatic carbocycles. The van der Waals surface area contributed by atoms with Crippen LogP contribution in [0.5, 0.6) is 0 Å². The van der Waals surface area contributed by atoms with Crippen LogP contribution in [0.2, 0.25) is 0 Å². The first-order chi connectivity index (χ1) is 7.68. The van der Waals surface area contributed by atoms with Gasteiger partial charge in [-0.25, -0.2) is 0 Å². The zero-order valence-corrected chi connectivity index (χ0v) is 9.64. The molecule has 1 N–H and O–H groups in total. The highest BCUT2D eigenvalue weighted by atomic mass is 16.3. The van der Waals surface area contributed by atoms with E-state index in [0.717, 1.165) is 5.56 Å². The highest BCUT2D eigenvalue weighted by molar-refractivity contribution is 5.67. The fraction of sp³-hybridized carbons (Fsp3) is 0.200. The molecule has 0 aliphatic carbocycles. The molecule has 16 heavy (non-hydrogen) atoms. The van der Waals surface area contributed by atoms with Crippen molar-refractivity contribution < 1.29 is 5.11 Å². The number of hydrogen-bond donors (Lipinski definition) is 1. The summed E-state index contributed by atoms with van der Waals surface area (Å²) in [5.74, 6) is 0. The van der Waals surface area contributed by atoms with Crippen molar-refractivity contribution in [1.82, 2.24) is 0 Å². The average molecular weight is 212 g/mol. The number of aryl methyl sites for hydroxylation is 1. The van der Waals surface area contributed by atoms with Gasteiger partial charge in [0, 0.05) is 0 Å². The molecule has 0 heterocycles. The predicted octanol–water partition coefficient (Wildman–Crippen LogP) is 3.72. The van der Waals surface area contributed by atoms with E-state index in [4.69, 9.17) is 0 Å². The van der Waals surface area contributed by atoms with Crippen molar-refractivity contribution in [2.75, 3.05) is 0 Å². The van der Waals surface area contributed by atoms with E-state index in [1.54, 1.807) is 6.92 Å². The molecule has 0 radical (unpaired) electrons. The molecule has 0 aliphatic heterocycles. The van der Waals surface area contributed by atoms with Crippen LogP contribution < -0.4 is 0 Å². The number of hydrogen-bond acceptors (Lipinski definition) is 1. The molecule has 0 amide bonds. The molecule has 82 valence electrons. The quantitative estimate of drug-likeness (QED) is 0.804. The first-order valence-corrected chi connectivity index (χ1v) is 5.52. The molecule has 0 bridgehead atoms. The van der Waals surface area contributed by atoms with Crippen molar-refractivity contribution in [3.8, 4) is 11.1 Å². The number of aliphatic hydroxyl groups is 1. The van der Waals surface area contributed by atoms with Crippen LogP contribution in [0.4, 0.5) is 0 Å². The van der Waals surface area contributed by atoms with E-state index < -0.39 is 6.10 Å². The molecule has 2 rings (SSSR count). The van der Waals surface area contributed by atoms with Crippen LogP contribution in [0.25, 0.3) is 11.1 Å². The first kappa shape index (κ1) is 10.9. The largest absolute Gasteiger partial charge is 0.389 e. The minimum absolute atomic E-state index is 0.414. The van der Waals surface area contributed by atoms with E-state index in [0.29, 0.717) is 0 Å². The Kier molecular flexibility index (Phi) is 3.07. The van der Waals surface area contributed by atoms with Gasteiger partial charge in [-0.2, -0.15) is 0 Å². The fourth-order valence-electron chi connectivity index (χ4n) is 1.83. The summed E-state index contributed by atoms with van der Waals surface area (Å²) in [5, 5.41) is 9.59. The second-order valence-electron chi connectivity index (χ2n) is 4.12. The lowest BCUT2D eigenvalue weighted by Gasteiger charge is -2.10. The summed E-state index contributed by atoms with van der Waals surface area (Å²) in [7, 11) is 0. The van der Waals surface area contributed by atoms with E-state index in [1.807, 2.05) is 24.3 Å². The normalized spacial score (nSPS) is 12.4. The Hall–Kier alpha value is -1.60. The van der Waals surface area contributed by atoms with Gasteiger partial charge in [0.15, 0.2) is 0 Å². The van der Waals surface area contributed by atoms with Gasteiger partial charge in [-0.15, -0.1) is 0 Å². The van der Waals surface area contributed by atoms with E-state index in [9.17, 15) is 5.11 Å². The Morgan fingerprint density at radius 3 is 2.31 bits per heavy atom. The Morgan fingerprint density at radius 2 is 1.69 bits per heavy atom. The van der Waals surface area contributed by atoms with Crippen molar-refractivity contribution in [3.63, 3.8) is 0 Å². The molecule has 1 heteroatoms. The van der Waals surface area contributed by atoms with Crippen LogP contribution in [0.1, 0.15) is 24.2 Å². The highest BCUT2D eigenvalue weighted by Gasteiger charge is 2.05. The molecule has 0 saturated heterocycles. The van der Waals surface area contributed by atoms with Crippen LogP contribution in [-0.4, -0.2) is 5.11 Å². The molecule has 2 aromatic rings. The lowest BCUT2D eigenvalue weighted by Crippen LogP contribution is -1.93. The number of rotatable bonds is 2. The summed E-state index contributed by atoms with van der Waals surface area (Å²) in [6.07, 6.45) is -0.414. The highest BCUT2D eigenvalue weighted by Crippen LogP contribution is 2.26. The Morgan fingerprint density at radius 1 is 1.00 bits per heavy atom. The minimum Gasteiger partial charge on any atom is -0.389 e. The lowest BCUT2D eigenvalue weighted by atomic mass is 9.97. The zero-order valence-electron chi connectivity index (χ0n) is 9.64. The molecule has 0 saturated carbocycles. The van der Waals surface area contributed by atoms with Gasteiger partial charge in [-0.3, -0.25) is 0 Å². The number of benzene rings is 2. The monoisotopic (exact) mass is 212 g/mol. The van der Waals surface area contributed by atoms with E-state index in [2.05, 4.69) is 31.2 Å². The SMILES string of the molecule is Cc1ccc(C(C)O)cc1-c1ccccc1. The molecule has 0 aliphatic rings. The maximum Gasteiger partial charge on any atom is 0.0762 e. The third-order valence-electron chi connectivity index (χ3n) is 2.83. The van der Waals surface area contributed by atoms with Gasteiger partial charge in [0.1, 0.15) is 0 Å². The van der Waals surface area contributed by atoms with E-state index >= 15 is 0 Å². The predicted molar refractivity (Wildman–Crippen MR) is 67.2 cm³/mol. The van der Waals surface area contributed by atoms with Crippen LogP contribution >= 0.6 is 0 Å². The standard InChI is InChI=1S/C15H16O/c1-11-8-9-14(12(2)16)10-15(11)13-6-4-3-5-7-13/h3-10,12,16H,1-2H3. The Bertz CT molecular complexity index is 472. The van der Waals surface area contributed by atoms with Gasteiger partial charge >= 0.3 is 0 Å². The molecular formula is C15H16O. The molecule has 0 spiro atoms. The van der Waals surface area contributed by atoms with Crippen molar-refractivity contribution in [2.45, 2.75) is 20.0 Å². The average Bonchev–Trinajstić information content (AvgIpc) is 2.30. The van der Waals surface area contributed by atoms with Gasteiger partial charge in [0.25, 0.3) is 0 Å². The van der Waals surface area contributed by atoms with E-state index in [1.165, 1.54) is 16.7 Å². The molecule has 0 fully saturated rings. The van der Waals surface area contributed by atoms with Crippen molar-refractivity contribution in [3.05, 3.63) is 59.7 Å². The van der Waals surface area contributed by atoms with Gasteiger partial charge in [-0.05, 0) is 42.2 Å². The smallest absolute Gasteiger partial charge is 0.0762 e. The third kappa shape index (κ3) is 2.15. The third-order valence-corrected chi connectivity index (χ3v) is 2.83. The molecular weight excluding hydrogens is 196 g/mol. The molecule has 1 atom stereocenters. The topological polar surface area (TPSA) is 20.2 Å². The molecule has 1 unspecified atom stereocenters. The van der Waals surface area contributed by atoms with Crippen LogP contribution in [0.15, 0.2) is 48.5 Å². The summed E-state index contributed by atoms with van der Waals surface area (Å²) in [6.45, 7) is 3.88. The summed E-state index contributed by atoms with van der Waals surface area (Å²) in [4.78, 5) is 0. The van der Waals surface area contributed by atoms with Gasteiger partial charge in [-0.1, -0.05) is 42.5 Å². The summed E-state index contributed by atoms with van der Waals surface area (Å²) < 4.78 is 0. The Labute approximate surface area is 96.4 Å². The summed E-state index contributed by atoms with van der Waals surface area (Å²) in [6, 6.07) is 16.4. The molecule has 0 aromatic heterocycles. The first-order valence-electron chi connectivity index (χ1n) is 5.52.